The fourth-order valence-electron chi connectivity index (χ4n) is 1.43. The lowest BCUT2D eigenvalue weighted by atomic mass is 10.3. The molecule has 0 unspecified atom stereocenters. The van der Waals surface area contributed by atoms with Crippen LogP contribution in [0.1, 0.15) is 24.0 Å². The quantitative estimate of drug-likeness (QED) is 0.810. The van der Waals surface area contributed by atoms with Gasteiger partial charge in [-0.15, -0.1) is 11.3 Å². The van der Waals surface area contributed by atoms with E-state index in [1.54, 1.807) is 28.2 Å². The van der Waals surface area contributed by atoms with Gasteiger partial charge in [-0.2, -0.15) is 0 Å². The molecule has 0 amide bonds. The van der Waals surface area contributed by atoms with Crippen LogP contribution < -0.4 is 5.69 Å². The van der Waals surface area contributed by atoms with Gasteiger partial charge in [-0.1, -0.05) is 6.92 Å². The second-order valence-electron chi connectivity index (χ2n) is 3.51. The van der Waals surface area contributed by atoms with Gasteiger partial charge in [0.2, 0.25) is 0 Å². The van der Waals surface area contributed by atoms with E-state index in [0.29, 0.717) is 6.54 Å². The van der Waals surface area contributed by atoms with Gasteiger partial charge in [0.15, 0.2) is 0 Å². The summed E-state index contributed by atoms with van der Waals surface area (Å²) < 4.78 is 1.56. The van der Waals surface area contributed by atoms with E-state index in [4.69, 9.17) is 0 Å². The zero-order valence-electron chi connectivity index (χ0n) is 9.09. The average Bonchev–Trinajstić information content (AvgIpc) is 2.70. The van der Waals surface area contributed by atoms with Crippen molar-refractivity contribution in [2.75, 3.05) is 0 Å². The molecule has 5 heteroatoms. The minimum Gasteiger partial charge on any atom is -0.293 e. The zero-order valence-corrected chi connectivity index (χ0v) is 9.91. The largest absolute Gasteiger partial charge is 0.347 e. The van der Waals surface area contributed by atoms with Crippen LogP contribution in [0.5, 0.6) is 0 Å². The smallest absolute Gasteiger partial charge is 0.293 e. The van der Waals surface area contributed by atoms with Crippen LogP contribution in [0.3, 0.4) is 0 Å². The van der Waals surface area contributed by atoms with E-state index in [2.05, 4.69) is 16.9 Å². The number of rotatable bonds is 4. The second kappa shape index (κ2) is 5.03. The highest BCUT2D eigenvalue weighted by Gasteiger charge is 2.03. The Morgan fingerprint density at radius 1 is 1.50 bits per heavy atom. The summed E-state index contributed by atoms with van der Waals surface area (Å²) in [5.41, 5.74) is 0.705. The molecule has 0 aliphatic rings. The Morgan fingerprint density at radius 3 is 3.12 bits per heavy atom. The minimum absolute atomic E-state index is 0.229. The van der Waals surface area contributed by atoms with Gasteiger partial charge >= 0.3 is 5.69 Å². The highest BCUT2D eigenvalue weighted by atomic mass is 32.1. The van der Waals surface area contributed by atoms with E-state index >= 15 is 0 Å². The van der Waals surface area contributed by atoms with E-state index in [-0.39, 0.29) is 5.69 Å². The van der Waals surface area contributed by atoms with Crippen LogP contribution >= 0.6 is 11.3 Å². The van der Waals surface area contributed by atoms with Crippen LogP contribution in [0.15, 0.2) is 28.6 Å². The van der Waals surface area contributed by atoms with Gasteiger partial charge in [-0.3, -0.25) is 4.57 Å². The molecule has 0 aliphatic carbocycles. The number of hydrogen-bond donors (Lipinski definition) is 0. The summed E-state index contributed by atoms with van der Waals surface area (Å²) in [5.74, 6) is 0. The first-order valence-electron chi connectivity index (χ1n) is 5.24. The number of hydrogen-bond acceptors (Lipinski definition) is 4. The molecule has 2 rings (SSSR count). The molecule has 0 atom stereocenters. The summed E-state index contributed by atoms with van der Waals surface area (Å²) in [4.78, 5) is 19.6. The summed E-state index contributed by atoms with van der Waals surface area (Å²) in [6.45, 7) is 2.64. The van der Waals surface area contributed by atoms with E-state index in [1.165, 1.54) is 6.20 Å². The number of aryl methyl sites for hydroxylation is 1. The Balaban J connectivity index is 2.15. The predicted octanol–water partition coefficient (Wildman–Crippen LogP) is 1.70. The molecule has 0 N–H and O–H groups in total. The van der Waals surface area contributed by atoms with Crippen molar-refractivity contribution in [3.63, 3.8) is 0 Å². The molecule has 0 aliphatic heterocycles. The molecule has 2 heterocycles. The Kier molecular flexibility index (Phi) is 3.46. The fraction of sp³-hybridized carbons (Fsp3) is 0.364. The number of thiazole rings is 1. The van der Waals surface area contributed by atoms with E-state index in [1.807, 2.05) is 5.38 Å². The Bertz CT molecular complexity index is 518. The monoisotopic (exact) mass is 235 g/mol. The normalized spacial score (nSPS) is 10.6. The molecule has 4 nitrogen and oxygen atoms in total. The molecule has 84 valence electrons. The Labute approximate surface area is 97.6 Å². The van der Waals surface area contributed by atoms with Gasteiger partial charge in [0, 0.05) is 17.8 Å². The van der Waals surface area contributed by atoms with Crippen LogP contribution in [-0.2, 0) is 13.0 Å². The summed E-state index contributed by atoms with van der Waals surface area (Å²) in [6, 6.07) is 1.75. The standard InChI is InChI=1S/C11H13N3OS/c1-2-4-10-13-9(8-16-10)7-14-6-3-5-12-11(14)15/h3,5-6,8H,2,4,7H2,1H3. The fourth-order valence-corrected chi connectivity index (χ4v) is 2.32. The highest BCUT2D eigenvalue weighted by Crippen LogP contribution is 2.12. The van der Waals surface area contributed by atoms with Gasteiger partial charge in [0.25, 0.3) is 0 Å². The van der Waals surface area contributed by atoms with Crippen molar-refractivity contribution < 1.29 is 0 Å². The van der Waals surface area contributed by atoms with Crippen molar-refractivity contribution in [3.8, 4) is 0 Å². The highest BCUT2D eigenvalue weighted by molar-refractivity contribution is 7.09. The van der Waals surface area contributed by atoms with Gasteiger partial charge < -0.3 is 0 Å². The van der Waals surface area contributed by atoms with Crippen LogP contribution in [0.2, 0.25) is 0 Å². The number of aromatic nitrogens is 3. The summed E-state index contributed by atoms with van der Waals surface area (Å²) >= 11 is 1.65. The van der Waals surface area contributed by atoms with E-state index < -0.39 is 0 Å². The SMILES string of the molecule is CCCc1nc(Cn2cccnc2=O)cs1. The second-order valence-corrected chi connectivity index (χ2v) is 4.46. The van der Waals surface area contributed by atoms with Crippen molar-refractivity contribution in [1.29, 1.82) is 0 Å². The summed E-state index contributed by atoms with van der Waals surface area (Å²) in [5, 5.41) is 3.14. The van der Waals surface area contributed by atoms with Crippen LogP contribution in [0, 0.1) is 0 Å². The molecule has 0 fully saturated rings. The summed E-state index contributed by atoms with van der Waals surface area (Å²) in [6.07, 6.45) is 5.34. The average molecular weight is 235 g/mol. The molecule has 16 heavy (non-hydrogen) atoms. The van der Waals surface area contributed by atoms with Gasteiger partial charge in [0.1, 0.15) is 0 Å². The molecular formula is C11H13N3OS. The van der Waals surface area contributed by atoms with Crippen LogP contribution in [-0.4, -0.2) is 14.5 Å². The molecule has 0 aromatic carbocycles. The number of nitrogens with zero attached hydrogens (tertiary/aromatic N) is 3. The first-order valence-corrected chi connectivity index (χ1v) is 6.12. The minimum atomic E-state index is -0.229. The first kappa shape index (κ1) is 11.0. The van der Waals surface area contributed by atoms with Gasteiger partial charge in [0.05, 0.1) is 17.2 Å². The molecular weight excluding hydrogens is 222 g/mol. The van der Waals surface area contributed by atoms with Crippen molar-refractivity contribution in [3.05, 3.63) is 45.0 Å². The lowest BCUT2D eigenvalue weighted by Gasteiger charge is -2.00. The van der Waals surface area contributed by atoms with Gasteiger partial charge in [-0.25, -0.2) is 14.8 Å². The summed E-state index contributed by atoms with van der Waals surface area (Å²) in [7, 11) is 0. The van der Waals surface area contributed by atoms with Crippen molar-refractivity contribution >= 4 is 11.3 Å². The molecule has 0 saturated heterocycles. The third-order valence-corrected chi connectivity index (χ3v) is 3.14. The maximum Gasteiger partial charge on any atom is 0.347 e. The predicted molar refractivity (Wildman–Crippen MR) is 63.7 cm³/mol. The van der Waals surface area contributed by atoms with Crippen molar-refractivity contribution in [2.24, 2.45) is 0 Å². The molecule has 0 bridgehead atoms. The topological polar surface area (TPSA) is 47.8 Å². The maximum absolute atomic E-state index is 11.4. The molecule has 2 aromatic rings. The van der Waals surface area contributed by atoms with Gasteiger partial charge in [-0.05, 0) is 18.9 Å². The van der Waals surface area contributed by atoms with Crippen molar-refractivity contribution in [1.82, 2.24) is 14.5 Å². The van der Waals surface area contributed by atoms with E-state index in [0.717, 1.165) is 23.5 Å². The molecule has 0 spiro atoms. The molecule has 0 radical (unpaired) electrons. The zero-order chi connectivity index (χ0) is 11.4. The Morgan fingerprint density at radius 2 is 2.38 bits per heavy atom. The lowest BCUT2D eigenvalue weighted by Crippen LogP contribution is -2.22. The Hall–Kier alpha value is -1.49. The van der Waals surface area contributed by atoms with Crippen molar-refractivity contribution in [2.45, 2.75) is 26.3 Å². The maximum atomic E-state index is 11.4. The lowest BCUT2D eigenvalue weighted by molar-refractivity contribution is 0.710. The van der Waals surface area contributed by atoms with Crippen LogP contribution in [0.4, 0.5) is 0 Å². The third-order valence-electron chi connectivity index (χ3n) is 2.18. The third kappa shape index (κ3) is 2.55. The van der Waals surface area contributed by atoms with Crippen LogP contribution in [0.25, 0.3) is 0 Å². The van der Waals surface area contributed by atoms with E-state index in [9.17, 15) is 4.79 Å². The first-order chi connectivity index (χ1) is 7.79. The molecule has 2 aromatic heterocycles. The molecule has 0 saturated carbocycles.